The molecule has 0 aromatic carbocycles. The summed E-state index contributed by atoms with van der Waals surface area (Å²) < 4.78 is 1.22. The molecule has 0 amide bonds. The molecule has 0 aliphatic carbocycles. The van der Waals surface area contributed by atoms with E-state index < -0.39 is 0 Å². The zero-order valence-electron chi connectivity index (χ0n) is 9.03. The molecule has 76 valence electrons. The summed E-state index contributed by atoms with van der Waals surface area (Å²) in [6.45, 7) is 4.64. The Morgan fingerprint density at radius 1 is 1.15 bits per heavy atom. The van der Waals surface area contributed by atoms with E-state index in [1.807, 2.05) is 0 Å². The maximum absolute atomic E-state index is 9.69. The van der Waals surface area contributed by atoms with Crippen LogP contribution in [0.1, 0.15) is 39.5 Å². The molecule has 2 heterocycles. The molecule has 2 aliphatic rings. The quantitative estimate of drug-likeness (QED) is 0.613. The van der Waals surface area contributed by atoms with Crippen LogP contribution in [0.3, 0.4) is 0 Å². The first kappa shape index (κ1) is 9.47. The van der Waals surface area contributed by atoms with Gasteiger partial charge < -0.3 is 9.59 Å². The van der Waals surface area contributed by atoms with E-state index in [2.05, 4.69) is 20.9 Å². The van der Waals surface area contributed by atoms with Crippen molar-refractivity contribution in [3.05, 3.63) is 0 Å². The third-order valence-corrected chi connectivity index (χ3v) is 4.61. The lowest BCUT2D eigenvalue weighted by atomic mass is 9.95. The van der Waals surface area contributed by atoms with Crippen LogP contribution in [0, 0.1) is 0 Å². The molecule has 2 fully saturated rings. The lowest BCUT2D eigenvalue weighted by Crippen LogP contribution is -2.62. The molecule has 0 aromatic rings. The van der Waals surface area contributed by atoms with E-state index in [1.54, 1.807) is 0 Å². The summed E-state index contributed by atoms with van der Waals surface area (Å²) in [5.74, 6) is 0. The maximum Gasteiger partial charge on any atom is 0.0919 e. The number of hydrogen-bond acceptors (Lipinski definition) is 1. The molecule has 2 rings (SSSR count). The summed E-state index contributed by atoms with van der Waals surface area (Å²) in [6.07, 6.45) is 4.71. The fourth-order valence-electron chi connectivity index (χ4n) is 3.50. The van der Waals surface area contributed by atoms with Crippen molar-refractivity contribution in [1.29, 1.82) is 0 Å². The molecule has 13 heavy (non-hydrogen) atoms. The molecule has 1 unspecified atom stereocenters. The Balaban J connectivity index is 2.23. The van der Waals surface area contributed by atoms with Gasteiger partial charge in [-0.2, -0.15) is 0 Å². The van der Waals surface area contributed by atoms with Crippen molar-refractivity contribution in [2.24, 2.45) is 0 Å². The summed E-state index contributed by atoms with van der Waals surface area (Å²) in [7, 11) is 2.39. The van der Waals surface area contributed by atoms with Crippen molar-refractivity contribution in [3.8, 4) is 0 Å². The first-order chi connectivity index (χ1) is 6.05. The van der Waals surface area contributed by atoms with Gasteiger partial charge in [-0.15, -0.1) is 0 Å². The first-order valence-corrected chi connectivity index (χ1v) is 5.58. The highest BCUT2D eigenvalue weighted by Gasteiger charge is 2.52. The fourth-order valence-corrected chi connectivity index (χ4v) is 3.50. The van der Waals surface area contributed by atoms with Gasteiger partial charge in [0, 0.05) is 25.7 Å². The highest BCUT2D eigenvalue weighted by molar-refractivity contribution is 4.86. The number of piperidine rings is 1. The number of fused-ring (bicyclic) bond motifs is 2. The van der Waals surface area contributed by atoms with E-state index in [1.165, 1.54) is 17.3 Å². The predicted octanol–water partition coefficient (Wildman–Crippen LogP) is 1.53. The monoisotopic (exact) mass is 184 g/mol. The van der Waals surface area contributed by atoms with E-state index in [0.717, 1.165) is 24.9 Å². The number of quaternary nitrogens is 1. The van der Waals surface area contributed by atoms with Crippen LogP contribution in [-0.2, 0) is 0 Å². The van der Waals surface area contributed by atoms with Gasteiger partial charge >= 0.3 is 0 Å². The van der Waals surface area contributed by atoms with Crippen LogP contribution in [0.5, 0.6) is 0 Å². The normalized spacial score (nSPS) is 50.1. The van der Waals surface area contributed by atoms with Gasteiger partial charge in [-0.05, 0) is 13.8 Å². The number of rotatable bonds is 1. The largest absolute Gasteiger partial charge is 0.393 e. The van der Waals surface area contributed by atoms with E-state index in [0.29, 0.717) is 6.04 Å². The molecule has 4 atom stereocenters. The minimum atomic E-state index is -0.0116. The molecular weight excluding hydrogens is 162 g/mol. The zero-order chi connectivity index (χ0) is 9.64. The van der Waals surface area contributed by atoms with Crippen molar-refractivity contribution < 1.29 is 9.59 Å². The number of aliphatic hydroxyl groups is 1. The predicted molar refractivity (Wildman–Crippen MR) is 53.4 cm³/mol. The van der Waals surface area contributed by atoms with Crippen molar-refractivity contribution in [1.82, 2.24) is 0 Å². The Hall–Kier alpha value is -0.0800. The van der Waals surface area contributed by atoms with Crippen molar-refractivity contribution in [2.75, 3.05) is 7.05 Å². The second kappa shape index (κ2) is 2.96. The van der Waals surface area contributed by atoms with Crippen LogP contribution in [0.25, 0.3) is 0 Å². The molecular formula is C11H22NO+. The average molecular weight is 184 g/mol. The van der Waals surface area contributed by atoms with Gasteiger partial charge in [-0.25, -0.2) is 0 Å². The van der Waals surface area contributed by atoms with Crippen molar-refractivity contribution in [2.45, 2.75) is 63.8 Å². The Bertz CT molecular complexity index is 188. The van der Waals surface area contributed by atoms with Crippen LogP contribution in [-0.4, -0.2) is 40.9 Å². The Labute approximate surface area is 81.1 Å². The molecule has 2 aliphatic heterocycles. The summed E-state index contributed by atoms with van der Waals surface area (Å²) in [5.41, 5.74) is 0. The number of nitrogens with zero attached hydrogens (tertiary/aromatic N) is 1. The number of hydrogen-bond donors (Lipinski definition) is 1. The van der Waals surface area contributed by atoms with Crippen LogP contribution in [0.4, 0.5) is 0 Å². The maximum atomic E-state index is 9.69. The van der Waals surface area contributed by atoms with Gasteiger partial charge in [0.2, 0.25) is 0 Å². The van der Waals surface area contributed by atoms with Crippen LogP contribution in [0.2, 0.25) is 0 Å². The molecule has 0 saturated carbocycles. The van der Waals surface area contributed by atoms with E-state index >= 15 is 0 Å². The van der Waals surface area contributed by atoms with Gasteiger partial charge in [0.15, 0.2) is 0 Å². The van der Waals surface area contributed by atoms with Gasteiger partial charge in [0.25, 0.3) is 0 Å². The molecule has 2 bridgehead atoms. The SMILES string of the molecule is CC(C)[N+]1(C)[C@@H]2CC[C@H]1C[C@@H](O)C2. The van der Waals surface area contributed by atoms with Gasteiger partial charge in [0.05, 0.1) is 31.3 Å². The average Bonchev–Trinajstić information content (AvgIpc) is 2.29. The third-order valence-electron chi connectivity index (χ3n) is 4.61. The van der Waals surface area contributed by atoms with E-state index in [9.17, 15) is 5.11 Å². The van der Waals surface area contributed by atoms with E-state index in [4.69, 9.17) is 0 Å². The van der Waals surface area contributed by atoms with Crippen LogP contribution >= 0.6 is 0 Å². The summed E-state index contributed by atoms with van der Waals surface area (Å²) in [4.78, 5) is 0. The molecule has 2 heteroatoms. The molecule has 2 saturated heterocycles. The van der Waals surface area contributed by atoms with Crippen LogP contribution in [0.15, 0.2) is 0 Å². The Morgan fingerprint density at radius 3 is 2.00 bits per heavy atom. The molecule has 0 spiro atoms. The smallest absolute Gasteiger partial charge is 0.0919 e. The highest BCUT2D eigenvalue weighted by Crippen LogP contribution is 2.42. The zero-order valence-corrected chi connectivity index (χ0v) is 9.03. The van der Waals surface area contributed by atoms with Gasteiger partial charge in [-0.1, -0.05) is 0 Å². The van der Waals surface area contributed by atoms with Crippen molar-refractivity contribution in [3.63, 3.8) is 0 Å². The molecule has 1 N–H and O–H groups in total. The third kappa shape index (κ3) is 1.23. The lowest BCUT2D eigenvalue weighted by molar-refractivity contribution is -0.968. The lowest BCUT2D eigenvalue weighted by Gasteiger charge is -2.49. The fraction of sp³-hybridized carbons (Fsp3) is 1.00. The second-order valence-electron chi connectivity index (χ2n) is 5.33. The van der Waals surface area contributed by atoms with Crippen molar-refractivity contribution >= 4 is 0 Å². The van der Waals surface area contributed by atoms with Gasteiger partial charge in [0.1, 0.15) is 0 Å². The molecule has 0 aromatic heterocycles. The minimum Gasteiger partial charge on any atom is -0.393 e. The van der Waals surface area contributed by atoms with Gasteiger partial charge in [-0.3, -0.25) is 0 Å². The summed E-state index contributed by atoms with van der Waals surface area (Å²) in [5, 5.41) is 9.69. The first-order valence-electron chi connectivity index (χ1n) is 5.58. The summed E-state index contributed by atoms with van der Waals surface area (Å²) in [6, 6.07) is 2.17. The highest BCUT2D eigenvalue weighted by atomic mass is 16.3. The van der Waals surface area contributed by atoms with E-state index in [-0.39, 0.29) is 6.10 Å². The molecule has 0 radical (unpaired) electrons. The van der Waals surface area contributed by atoms with Crippen LogP contribution < -0.4 is 0 Å². The Kier molecular flexibility index (Phi) is 2.16. The second-order valence-corrected chi connectivity index (χ2v) is 5.33. The minimum absolute atomic E-state index is 0.0116. The Morgan fingerprint density at radius 2 is 1.62 bits per heavy atom. The topological polar surface area (TPSA) is 20.2 Å². The summed E-state index contributed by atoms with van der Waals surface area (Å²) >= 11 is 0. The number of aliphatic hydroxyl groups excluding tert-OH is 1. The molecule has 2 nitrogen and oxygen atoms in total. The standard InChI is InChI=1S/C11H22NO/c1-8(2)12(3)9-4-5-10(12)7-11(13)6-9/h8-11,13H,4-7H2,1-3H3/q+1/t9-,10+,11+,12?.